The Kier molecular flexibility index (Phi) is 4.75. The molecule has 118 valence electrons. The molecule has 0 atom stereocenters. The fraction of sp³-hybridized carbons (Fsp3) is 0.722. The minimum atomic E-state index is 0.0817. The van der Waals surface area contributed by atoms with Crippen molar-refractivity contribution in [3.63, 3.8) is 0 Å². The Balaban J connectivity index is 2.18. The lowest BCUT2D eigenvalue weighted by Gasteiger charge is -2.43. The van der Waals surface area contributed by atoms with Crippen molar-refractivity contribution >= 4 is 17.5 Å². The van der Waals surface area contributed by atoms with Gasteiger partial charge in [0.05, 0.1) is 0 Å². The van der Waals surface area contributed by atoms with Crippen LogP contribution < -0.4 is 0 Å². The monoisotopic (exact) mass is 307 g/mol. The van der Waals surface area contributed by atoms with Crippen LogP contribution in [0.3, 0.4) is 0 Å². The highest BCUT2D eigenvalue weighted by molar-refractivity contribution is 8.06. The Morgan fingerprint density at radius 2 is 1.81 bits per heavy atom. The minimum Gasteiger partial charge on any atom is -0.306 e. The van der Waals surface area contributed by atoms with Gasteiger partial charge in [-0.25, -0.2) is 0 Å². The number of Topliss-reactive ketones (excluding diaryl/α,β-unsaturated/α-hetero) is 1. The Morgan fingerprint density at radius 3 is 2.33 bits per heavy atom. The average molecular weight is 308 g/mol. The number of carbonyl (C=O) groups excluding carboxylic acids is 1. The van der Waals surface area contributed by atoms with Gasteiger partial charge in [-0.15, -0.1) is 0 Å². The average Bonchev–Trinajstić information content (AvgIpc) is 2.38. The normalized spacial score (nSPS) is 23.8. The van der Waals surface area contributed by atoms with E-state index < -0.39 is 0 Å². The zero-order valence-corrected chi connectivity index (χ0v) is 15.0. The summed E-state index contributed by atoms with van der Waals surface area (Å²) in [4.78, 5) is 17.3. The third-order valence-electron chi connectivity index (χ3n) is 5.04. The van der Waals surface area contributed by atoms with E-state index in [1.807, 2.05) is 6.92 Å². The number of likely N-dealkylation sites (tertiary alicyclic amines) is 1. The summed E-state index contributed by atoms with van der Waals surface area (Å²) in [5.41, 5.74) is 1.28. The summed E-state index contributed by atoms with van der Waals surface area (Å²) in [6.45, 7) is 15.0. The Bertz CT molecular complexity index is 476. The van der Waals surface area contributed by atoms with Crippen LogP contribution >= 0.6 is 11.8 Å². The largest absolute Gasteiger partial charge is 0.306 e. The number of ketones is 1. The van der Waals surface area contributed by atoms with Crippen LogP contribution in [-0.2, 0) is 4.79 Å². The molecule has 0 amide bonds. The van der Waals surface area contributed by atoms with Gasteiger partial charge in [-0.05, 0) is 67.0 Å². The van der Waals surface area contributed by atoms with E-state index in [9.17, 15) is 4.79 Å². The van der Waals surface area contributed by atoms with Gasteiger partial charge in [0.25, 0.3) is 0 Å². The van der Waals surface area contributed by atoms with Gasteiger partial charge in [0.2, 0.25) is 0 Å². The molecule has 1 aliphatic heterocycles. The van der Waals surface area contributed by atoms with Gasteiger partial charge < -0.3 is 4.90 Å². The standard InChI is InChI=1S/C18H29NOS/c1-13-15(20)11-18(7-9-19(6)10-8-18)12-16(13)21-14(2)17(3,4)5/h2,7-12H2,1,3-6H3. The van der Waals surface area contributed by atoms with Crippen LogP contribution in [0.15, 0.2) is 22.0 Å². The predicted octanol–water partition coefficient (Wildman–Crippen LogP) is 4.63. The van der Waals surface area contributed by atoms with E-state index >= 15 is 0 Å². The maximum absolute atomic E-state index is 12.5. The minimum absolute atomic E-state index is 0.0817. The van der Waals surface area contributed by atoms with Gasteiger partial charge in [-0.2, -0.15) is 0 Å². The van der Waals surface area contributed by atoms with Crippen LogP contribution in [0, 0.1) is 10.8 Å². The van der Waals surface area contributed by atoms with Crippen molar-refractivity contribution in [3.05, 3.63) is 22.0 Å². The molecule has 3 heteroatoms. The zero-order chi connectivity index (χ0) is 15.8. The third kappa shape index (κ3) is 3.81. The molecule has 0 aromatic rings. The van der Waals surface area contributed by atoms with Crippen LogP contribution in [0.5, 0.6) is 0 Å². The molecule has 0 aromatic heterocycles. The number of hydrogen-bond donors (Lipinski definition) is 0. The van der Waals surface area contributed by atoms with Crippen LogP contribution in [0.2, 0.25) is 0 Å². The molecule has 1 spiro atoms. The van der Waals surface area contributed by atoms with E-state index in [1.165, 1.54) is 4.91 Å². The van der Waals surface area contributed by atoms with Gasteiger partial charge >= 0.3 is 0 Å². The van der Waals surface area contributed by atoms with Crippen LogP contribution in [0.25, 0.3) is 0 Å². The van der Waals surface area contributed by atoms with Crippen molar-refractivity contribution in [2.45, 2.75) is 53.4 Å². The van der Waals surface area contributed by atoms with Crippen molar-refractivity contribution in [3.8, 4) is 0 Å². The highest BCUT2D eigenvalue weighted by Crippen LogP contribution is 2.50. The molecule has 1 saturated heterocycles. The number of allylic oxidation sites excluding steroid dienone is 3. The smallest absolute Gasteiger partial charge is 0.159 e. The first-order chi connectivity index (χ1) is 9.63. The van der Waals surface area contributed by atoms with Crippen molar-refractivity contribution in [1.29, 1.82) is 0 Å². The van der Waals surface area contributed by atoms with E-state index in [0.717, 1.165) is 49.3 Å². The highest BCUT2D eigenvalue weighted by atomic mass is 32.2. The first kappa shape index (κ1) is 16.8. The number of rotatable bonds is 2. The zero-order valence-electron chi connectivity index (χ0n) is 14.2. The van der Waals surface area contributed by atoms with Gasteiger partial charge in [-0.1, -0.05) is 39.1 Å². The van der Waals surface area contributed by atoms with Crippen molar-refractivity contribution < 1.29 is 4.79 Å². The van der Waals surface area contributed by atoms with Crippen molar-refractivity contribution in [2.75, 3.05) is 20.1 Å². The Labute approximate surface area is 134 Å². The second-order valence-corrected chi connectivity index (χ2v) is 9.09. The molecule has 0 aromatic carbocycles. The van der Waals surface area contributed by atoms with Crippen LogP contribution in [0.1, 0.15) is 53.4 Å². The lowest BCUT2D eigenvalue weighted by molar-refractivity contribution is -0.119. The number of thioether (sulfide) groups is 1. The number of carbonyl (C=O) groups is 1. The molecule has 2 aliphatic rings. The molecule has 1 fully saturated rings. The Hall–Kier alpha value is -0.540. The molecule has 0 saturated carbocycles. The van der Waals surface area contributed by atoms with E-state index in [2.05, 4.69) is 39.3 Å². The fourth-order valence-corrected chi connectivity index (χ4v) is 4.27. The second kappa shape index (κ2) is 5.92. The molecule has 1 heterocycles. The molecule has 2 nitrogen and oxygen atoms in total. The highest BCUT2D eigenvalue weighted by Gasteiger charge is 2.41. The van der Waals surface area contributed by atoms with Gasteiger partial charge in [0, 0.05) is 12.0 Å². The first-order valence-electron chi connectivity index (χ1n) is 7.92. The maximum atomic E-state index is 12.5. The van der Waals surface area contributed by atoms with E-state index in [-0.39, 0.29) is 10.8 Å². The third-order valence-corrected chi connectivity index (χ3v) is 6.59. The molecular formula is C18H29NOS. The van der Waals surface area contributed by atoms with Crippen molar-refractivity contribution in [2.24, 2.45) is 10.8 Å². The van der Waals surface area contributed by atoms with Gasteiger partial charge in [0.15, 0.2) is 5.78 Å². The quantitative estimate of drug-likeness (QED) is 0.742. The summed E-state index contributed by atoms with van der Waals surface area (Å²) in [6, 6.07) is 0. The number of piperidine rings is 1. The predicted molar refractivity (Wildman–Crippen MR) is 92.3 cm³/mol. The molecule has 0 unspecified atom stereocenters. The lowest BCUT2D eigenvalue weighted by Crippen LogP contribution is -2.41. The summed E-state index contributed by atoms with van der Waals surface area (Å²) in [5, 5.41) is 0. The summed E-state index contributed by atoms with van der Waals surface area (Å²) >= 11 is 1.76. The van der Waals surface area contributed by atoms with E-state index in [4.69, 9.17) is 0 Å². The summed E-state index contributed by atoms with van der Waals surface area (Å²) in [5.74, 6) is 0.356. The Morgan fingerprint density at radius 1 is 1.24 bits per heavy atom. The van der Waals surface area contributed by atoms with E-state index in [1.54, 1.807) is 11.8 Å². The number of nitrogens with zero attached hydrogens (tertiary/aromatic N) is 1. The SMILES string of the molecule is C=C(SC1=C(C)C(=O)CC2(CCN(C)CC2)C1)C(C)(C)C. The topological polar surface area (TPSA) is 20.3 Å². The van der Waals surface area contributed by atoms with Gasteiger partial charge in [-0.3, -0.25) is 4.79 Å². The fourth-order valence-electron chi connectivity index (χ4n) is 3.03. The molecule has 0 radical (unpaired) electrons. The molecule has 1 aliphatic carbocycles. The maximum Gasteiger partial charge on any atom is 0.159 e. The second-order valence-electron chi connectivity index (χ2n) is 7.90. The van der Waals surface area contributed by atoms with E-state index in [0.29, 0.717) is 5.78 Å². The van der Waals surface area contributed by atoms with Crippen LogP contribution in [0.4, 0.5) is 0 Å². The summed E-state index contributed by atoms with van der Waals surface area (Å²) in [6.07, 6.45) is 4.11. The lowest BCUT2D eigenvalue weighted by atomic mass is 9.68. The molecular weight excluding hydrogens is 278 g/mol. The molecule has 21 heavy (non-hydrogen) atoms. The summed E-state index contributed by atoms with van der Waals surface area (Å²) in [7, 11) is 2.18. The molecule has 2 rings (SSSR count). The number of hydrogen-bond acceptors (Lipinski definition) is 3. The summed E-state index contributed by atoms with van der Waals surface area (Å²) < 4.78 is 0. The molecule has 0 bridgehead atoms. The molecule has 0 N–H and O–H groups in total. The first-order valence-corrected chi connectivity index (χ1v) is 8.73. The van der Waals surface area contributed by atoms with Gasteiger partial charge in [0.1, 0.15) is 0 Å². The van der Waals surface area contributed by atoms with Crippen molar-refractivity contribution in [1.82, 2.24) is 4.90 Å². The van der Waals surface area contributed by atoms with Crippen LogP contribution in [-0.4, -0.2) is 30.8 Å².